The second-order valence-corrected chi connectivity index (χ2v) is 10.5. The van der Waals surface area contributed by atoms with Crippen LogP contribution in [-0.2, 0) is 19.6 Å². The summed E-state index contributed by atoms with van der Waals surface area (Å²) in [5.74, 6) is -0.0368. The first-order valence-corrected chi connectivity index (χ1v) is 12.9. The highest BCUT2D eigenvalue weighted by atomic mass is 32.2. The van der Waals surface area contributed by atoms with E-state index >= 15 is 0 Å². The number of amides is 2. The van der Waals surface area contributed by atoms with Gasteiger partial charge in [0.25, 0.3) is 11.8 Å². The Morgan fingerprint density at radius 2 is 1.56 bits per heavy atom. The third kappa shape index (κ3) is 4.28. The summed E-state index contributed by atoms with van der Waals surface area (Å²) in [6.45, 7) is 3.04. The second-order valence-electron chi connectivity index (χ2n) is 8.56. The molecule has 0 aromatic heterocycles. The summed E-state index contributed by atoms with van der Waals surface area (Å²) < 4.78 is 38.4. The van der Waals surface area contributed by atoms with E-state index in [0.29, 0.717) is 56.4 Å². The van der Waals surface area contributed by atoms with Crippen molar-refractivity contribution in [1.82, 2.24) is 9.21 Å². The molecule has 2 saturated heterocycles. The predicted molar refractivity (Wildman–Crippen MR) is 124 cm³/mol. The number of carbonyl (C=O) groups is 2. The van der Waals surface area contributed by atoms with Crippen molar-refractivity contribution in [1.29, 1.82) is 0 Å². The minimum atomic E-state index is -3.56. The monoisotopic (exact) mass is 485 g/mol. The van der Waals surface area contributed by atoms with E-state index in [-0.39, 0.29) is 23.3 Å². The number of benzene rings is 2. The van der Waals surface area contributed by atoms with Gasteiger partial charge < -0.3 is 19.3 Å². The van der Waals surface area contributed by atoms with Gasteiger partial charge in [-0.3, -0.25) is 9.59 Å². The van der Waals surface area contributed by atoms with Crippen LogP contribution in [0.1, 0.15) is 23.2 Å². The third-order valence-corrected chi connectivity index (χ3v) is 8.33. The van der Waals surface area contributed by atoms with Gasteiger partial charge in [-0.05, 0) is 49.2 Å². The molecule has 180 valence electrons. The maximum Gasteiger partial charge on any atom is 0.265 e. The van der Waals surface area contributed by atoms with E-state index in [2.05, 4.69) is 0 Å². The number of rotatable bonds is 4. The van der Waals surface area contributed by atoms with Crippen LogP contribution in [0.4, 0.5) is 5.69 Å². The molecular weight excluding hydrogens is 458 g/mol. The molecule has 2 aromatic rings. The molecule has 0 saturated carbocycles. The average molecular weight is 486 g/mol. The van der Waals surface area contributed by atoms with Gasteiger partial charge in [-0.15, -0.1) is 0 Å². The number of hydrogen-bond acceptors (Lipinski definition) is 6. The summed E-state index contributed by atoms with van der Waals surface area (Å²) in [6.07, 6.45) is 0.888. The number of carbonyl (C=O) groups excluding carboxylic acids is 2. The molecule has 0 aliphatic carbocycles. The van der Waals surface area contributed by atoms with E-state index in [4.69, 9.17) is 9.47 Å². The summed E-state index contributed by atoms with van der Waals surface area (Å²) in [5.41, 5.74) is 0.918. The predicted octanol–water partition coefficient (Wildman–Crippen LogP) is 1.74. The van der Waals surface area contributed by atoms with E-state index < -0.39 is 16.1 Å². The number of sulfonamides is 1. The highest BCUT2D eigenvalue weighted by Gasteiger charge is 2.37. The molecule has 0 N–H and O–H groups in total. The fraction of sp³-hybridized carbons (Fsp3) is 0.417. The Kier molecular flexibility index (Phi) is 6.28. The van der Waals surface area contributed by atoms with Crippen molar-refractivity contribution in [2.75, 3.05) is 50.8 Å². The topological polar surface area (TPSA) is 96.5 Å². The van der Waals surface area contributed by atoms with Crippen molar-refractivity contribution in [2.45, 2.75) is 23.8 Å². The molecule has 0 spiro atoms. The van der Waals surface area contributed by atoms with Crippen LogP contribution in [0, 0.1) is 0 Å². The van der Waals surface area contributed by atoms with E-state index in [1.165, 1.54) is 33.5 Å². The maximum atomic E-state index is 13.5. The Morgan fingerprint density at radius 1 is 0.882 bits per heavy atom. The Morgan fingerprint density at radius 3 is 2.26 bits per heavy atom. The van der Waals surface area contributed by atoms with Gasteiger partial charge in [0, 0.05) is 31.7 Å². The fourth-order valence-electron chi connectivity index (χ4n) is 4.55. The smallest absolute Gasteiger partial charge is 0.265 e. The van der Waals surface area contributed by atoms with Gasteiger partial charge >= 0.3 is 0 Å². The largest absolute Gasteiger partial charge is 0.476 e. The molecule has 9 nitrogen and oxygen atoms in total. The first kappa shape index (κ1) is 22.8. The van der Waals surface area contributed by atoms with Crippen LogP contribution in [0.2, 0.25) is 0 Å². The number of nitrogens with zero attached hydrogens (tertiary/aromatic N) is 3. The number of morpholine rings is 1. The Balaban J connectivity index is 1.39. The van der Waals surface area contributed by atoms with Crippen molar-refractivity contribution in [3.05, 3.63) is 54.1 Å². The van der Waals surface area contributed by atoms with Gasteiger partial charge in [0.1, 0.15) is 5.75 Å². The van der Waals surface area contributed by atoms with Crippen molar-refractivity contribution >= 4 is 27.5 Å². The molecule has 0 radical (unpaired) electrons. The minimum Gasteiger partial charge on any atom is -0.476 e. The van der Waals surface area contributed by atoms with E-state index in [1.54, 1.807) is 29.2 Å². The zero-order valence-electron chi connectivity index (χ0n) is 18.8. The maximum absolute atomic E-state index is 13.5. The minimum absolute atomic E-state index is 0.0693. The van der Waals surface area contributed by atoms with Crippen LogP contribution >= 0.6 is 0 Å². The van der Waals surface area contributed by atoms with Gasteiger partial charge in [-0.1, -0.05) is 12.1 Å². The number of para-hydroxylation sites is 2. The quantitative estimate of drug-likeness (QED) is 0.655. The first-order chi connectivity index (χ1) is 16.4. The lowest BCUT2D eigenvalue weighted by Gasteiger charge is -2.37. The average Bonchev–Trinajstić information content (AvgIpc) is 3.44. The summed E-state index contributed by atoms with van der Waals surface area (Å²) in [7, 11) is -3.56. The molecule has 5 rings (SSSR count). The van der Waals surface area contributed by atoms with E-state index in [0.717, 1.165) is 12.8 Å². The van der Waals surface area contributed by atoms with E-state index in [9.17, 15) is 18.0 Å². The normalized spacial score (nSPS) is 21.1. The first-order valence-electron chi connectivity index (χ1n) is 11.5. The van der Waals surface area contributed by atoms with Gasteiger partial charge in [0.05, 0.1) is 30.3 Å². The van der Waals surface area contributed by atoms with Crippen molar-refractivity contribution in [2.24, 2.45) is 0 Å². The highest BCUT2D eigenvalue weighted by molar-refractivity contribution is 7.89. The van der Waals surface area contributed by atoms with Crippen molar-refractivity contribution < 1.29 is 27.5 Å². The van der Waals surface area contributed by atoms with Crippen LogP contribution < -0.4 is 9.64 Å². The molecule has 34 heavy (non-hydrogen) atoms. The molecular formula is C24H27N3O6S. The Bertz CT molecular complexity index is 1170. The summed E-state index contributed by atoms with van der Waals surface area (Å²) >= 11 is 0. The highest BCUT2D eigenvalue weighted by Crippen LogP contribution is 2.34. The molecule has 2 amide bonds. The van der Waals surface area contributed by atoms with Crippen LogP contribution in [0.5, 0.6) is 5.75 Å². The Labute approximate surface area is 198 Å². The van der Waals surface area contributed by atoms with Gasteiger partial charge in [0.15, 0.2) is 6.10 Å². The second kappa shape index (κ2) is 9.36. The zero-order valence-corrected chi connectivity index (χ0v) is 19.6. The molecule has 1 unspecified atom stereocenters. The van der Waals surface area contributed by atoms with Crippen LogP contribution in [0.15, 0.2) is 53.4 Å². The number of fused-ring (bicyclic) bond motifs is 1. The summed E-state index contributed by atoms with van der Waals surface area (Å²) in [5, 5.41) is 0. The molecule has 3 aliphatic rings. The standard InChI is InChI=1S/C24H27N3O6S/c28-23(18-7-9-19(10-8-18)34(30,31)26-11-3-4-12-26)27-17-22(24(29)25-13-15-32-16-14-25)33-21-6-2-1-5-20(21)27/h1-2,5-10,22H,3-4,11-17H2. The lowest BCUT2D eigenvalue weighted by Crippen LogP contribution is -2.54. The Hall–Kier alpha value is -2.95. The van der Waals surface area contributed by atoms with Crippen molar-refractivity contribution in [3.63, 3.8) is 0 Å². The summed E-state index contributed by atoms with van der Waals surface area (Å²) in [4.78, 5) is 30.0. The molecule has 3 aliphatic heterocycles. The number of anilines is 1. The van der Waals surface area contributed by atoms with Crippen LogP contribution in [0.25, 0.3) is 0 Å². The fourth-order valence-corrected chi connectivity index (χ4v) is 6.06. The lowest BCUT2D eigenvalue weighted by molar-refractivity contribution is -0.142. The SMILES string of the molecule is O=C(C1CN(C(=O)c2ccc(S(=O)(=O)N3CCCC3)cc2)c2ccccc2O1)N1CCOCC1. The summed E-state index contributed by atoms with van der Waals surface area (Å²) in [6, 6.07) is 13.1. The van der Waals surface area contributed by atoms with E-state index in [1.807, 2.05) is 0 Å². The van der Waals surface area contributed by atoms with Gasteiger partial charge in [0.2, 0.25) is 10.0 Å². The molecule has 3 heterocycles. The third-order valence-electron chi connectivity index (χ3n) is 6.42. The molecule has 0 bridgehead atoms. The van der Waals surface area contributed by atoms with Gasteiger partial charge in [-0.2, -0.15) is 4.31 Å². The molecule has 10 heteroatoms. The van der Waals surface area contributed by atoms with Crippen LogP contribution in [-0.4, -0.2) is 81.5 Å². The molecule has 2 aromatic carbocycles. The number of ether oxygens (including phenoxy) is 2. The lowest BCUT2D eigenvalue weighted by atomic mass is 10.1. The van der Waals surface area contributed by atoms with Crippen molar-refractivity contribution in [3.8, 4) is 5.75 Å². The molecule has 2 fully saturated rings. The van der Waals surface area contributed by atoms with Gasteiger partial charge in [-0.25, -0.2) is 8.42 Å². The number of hydrogen-bond donors (Lipinski definition) is 0. The van der Waals surface area contributed by atoms with Crippen LogP contribution in [0.3, 0.4) is 0 Å². The zero-order chi connectivity index (χ0) is 23.7. The molecule has 1 atom stereocenters.